The predicted molar refractivity (Wildman–Crippen MR) is 91.7 cm³/mol. The van der Waals surface area contributed by atoms with E-state index in [4.69, 9.17) is 0 Å². The number of benzene rings is 1. The summed E-state index contributed by atoms with van der Waals surface area (Å²) < 4.78 is 1.42. The van der Waals surface area contributed by atoms with E-state index in [1.807, 2.05) is 11.3 Å². The Kier molecular flexibility index (Phi) is 6.06. The largest absolute Gasteiger partial charge is 0.316 e. The number of fused-ring (bicyclic) bond motifs is 1. The maximum Gasteiger partial charge on any atom is 0.0345 e. The average Bonchev–Trinajstić information content (AvgIpc) is 2.90. The molecule has 0 aliphatic rings. The molecule has 0 amide bonds. The van der Waals surface area contributed by atoms with Crippen LogP contribution < -0.4 is 5.32 Å². The van der Waals surface area contributed by atoms with Gasteiger partial charge in [0.15, 0.2) is 0 Å². The Balaban J connectivity index is 2.12. The summed E-state index contributed by atoms with van der Waals surface area (Å²) in [5.41, 5.74) is 1.51. The highest BCUT2D eigenvalue weighted by Crippen LogP contribution is 2.28. The van der Waals surface area contributed by atoms with Gasteiger partial charge in [0.05, 0.1) is 0 Å². The molecule has 1 aromatic heterocycles. The molecule has 0 aliphatic heterocycles. The first-order chi connectivity index (χ1) is 9.80. The Bertz CT molecular complexity index is 517. The van der Waals surface area contributed by atoms with Crippen LogP contribution in [0.15, 0.2) is 29.6 Å². The first-order valence-corrected chi connectivity index (χ1v) is 8.80. The molecule has 0 aliphatic carbocycles. The molecule has 2 rings (SSSR count). The van der Waals surface area contributed by atoms with E-state index in [0.29, 0.717) is 6.04 Å². The van der Waals surface area contributed by atoms with E-state index in [-0.39, 0.29) is 0 Å². The van der Waals surface area contributed by atoms with E-state index < -0.39 is 0 Å². The molecule has 0 fully saturated rings. The summed E-state index contributed by atoms with van der Waals surface area (Å²) in [7, 11) is 2.12. The number of rotatable bonds is 8. The number of nitrogens with one attached hydrogen (secondary N) is 1. The van der Waals surface area contributed by atoms with Gasteiger partial charge in [0.2, 0.25) is 0 Å². The smallest absolute Gasteiger partial charge is 0.0345 e. The van der Waals surface area contributed by atoms with Gasteiger partial charge < -0.3 is 5.32 Å². The fourth-order valence-electron chi connectivity index (χ4n) is 3.09. The third kappa shape index (κ3) is 3.62. The zero-order valence-corrected chi connectivity index (χ0v) is 13.8. The molecule has 1 heterocycles. The Hall–Kier alpha value is -0.860. The zero-order chi connectivity index (χ0) is 14.4. The van der Waals surface area contributed by atoms with E-state index >= 15 is 0 Å². The van der Waals surface area contributed by atoms with Crippen LogP contribution in [0.4, 0.5) is 0 Å². The van der Waals surface area contributed by atoms with Gasteiger partial charge in [0, 0.05) is 10.7 Å². The van der Waals surface area contributed by atoms with Crippen molar-refractivity contribution in [2.75, 3.05) is 7.05 Å². The highest BCUT2D eigenvalue weighted by Gasteiger charge is 2.19. The summed E-state index contributed by atoms with van der Waals surface area (Å²) in [6, 6.07) is 9.38. The molecule has 20 heavy (non-hydrogen) atoms. The predicted octanol–water partition coefficient (Wildman–Crippen LogP) is 5.25. The van der Waals surface area contributed by atoms with Crippen molar-refractivity contribution in [3.63, 3.8) is 0 Å². The van der Waals surface area contributed by atoms with Gasteiger partial charge in [0.25, 0.3) is 0 Å². The second-order valence-electron chi connectivity index (χ2n) is 5.67. The van der Waals surface area contributed by atoms with Gasteiger partial charge in [-0.15, -0.1) is 11.3 Å². The SMILES string of the molecule is CCCCC(CC)C(Cc1csc2ccccc12)NC. The van der Waals surface area contributed by atoms with Gasteiger partial charge in [-0.3, -0.25) is 0 Å². The second kappa shape index (κ2) is 7.80. The second-order valence-corrected chi connectivity index (χ2v) is 6.58. The normalized spacial score (nSPS) is 14.6. The zero-order valence-electron chi connectivity index (χ0n) is 13.0. The van der Waals surface area contributed by atoms with Crippen LogP contribution >= 0.6 is 11.3 Å². The molecule has 0 bridgehead atoms. The summed E-state index contributed by atoms with van der Waals surface area (Å²) in [5.74, 6) is 0.790. The van der Waals surface area contributed by atoms with E-state index in [9.17, 15) is 0 Å². The summed E-state index contributed by atoms with van der Waals surface area (Å²) in [6.07, 6.45) is 6.42. The van der Waals surface area contributed by atoms with E-state index in [1.165, 1.54) is 41.3 Å². The van der Waals surface area contributed by atoms with Crippen LogP contribution in [0.5, 0.6) is 0 Å². The summed E-state index contributed by atoms with van der Waals surface area (Å²) in [6.45, 7) is 4.61. The molecule has 0 spiro atoms. The molecule has 2 aromatic rings. The third-order valence-electron chi connectivity index (χ3n) is 4.39. The number of likely N-dealkylation sites (N-methyl/N-ethyl adjacent to an activating group) is 1. The molecule has 0 saturated heterocycles. The van der Waals surface area contributed by atoms with Gasteiger partial charge in [-0.25, -0.2) is 0 Å². The van der Waals surface area contributed by atoms with Crippen molar-refractivity contribution in [1.29, 1.82) is 0 Å². The van der Waals surface area contributed by atoms with Crippen LogP contribution in [0.25, 0.3) is 10.1 Å². The van der Waals surface area contributed by atoms with Gasteiger partial charge >= 0.3 is 0 Å². The lowest BCUT2D eigenvalue weighted by atomic mass is 9.87. The van der Waals surface area contributed by atoms with E-state index in [0.717, 1.165) is 12.3 Å². The molecule has 1 nitrogen and oxygen atoms in total. The average molecular weight is 289 g/mol. The molecule has 1 aromatic carbocycles. The fraction of sp³-hybridized carbons (Fsp3) is 0.556. The molecule has 1 N–H and O–H groups in total. The Morgan fingerprint density at radius 3 is 2.70 bits per heavy atom. The van der Waals surface area contributed by atoms with Crippen LogP contribution in [0.1, 0.15) is 45.1 Å². The molecule has 0 radical (unpaired) electrons. The highest BCUT2D eigenvalue weighted by atomic mass is 32.1. The standard InChI is InChI=1S/C18H27NS/c1-4-6-9-14(5-2)17(19-3)12-15-13-20-18-11-8-7-10-16(15)18/h7-8,10-11,13-14,17,19H,4-6,9,12H2,1-3H3. The lowest BCUT2D eigenvalue weighted by molar-refractivity contribution is 0.331. The van der Waals surface area contributed by atoms with Crippen molar-refractivity contribution in [2.24, 2.45) is 5.92 Å². The van der Waals surface area contributed by atoms with Crippen LogP contribution in [0.3, 0.4) is 0 Å². The van der Waals surface area contributed by atoms with Gasteiger partial charge in [-0.1, -0.05) is 51.3 Å². The van der Waals surface area contributed by atoms with Crippen LogP contribution in [0.2, 0.25) is 0 Å². The maximum absolute atomic E-state index is 3.57. The molecule has 110 valence electrons. The quantitative estimate of drug-likeness (QED) is 0.700. The van der Waals surface area contributed by atoms with E-state index in [1.54, 1.807) is 0 Å². The minimum absolute atomic E-state index is 0.601. The topological polar surface area (TPSA) is 12.0 Å². The van der Waals surface area contributed by atoms with Crippen LogP contribution in [-0.4, -0.2) is 13.1 Å². The highest BCUT2D eigenvalue weighted by molar-refractivity contribution is 7.17. The van der Waals surface area contributed by atoms with Crippen molar-refractivity contribution in [3.05, 3.63) is 35.2 Å². The summed E-state index contributed by atoms with van der Waals surface area (Å²) in [5, 5.41) is 7.37. The van der Waals surface area contributed by atoms with Crippen molar-refractivity contribution in [1.82, 2.24) is 5.32 Å². The molecule has 2 unspecified atom stereocenters. The maximum atomic E-state index is 3.57. The Morgan fingerprint density at radius 1 is 1.20 bits per heavy atom. The van der Waals surface area contributed by atoms with Gasteiger partial charge in [-0.2, -0.15) is 0 Å². The van der Waals surface area contributed by atoms with Crippen LogP contribution in [0, 0.1) is 5.92 Å². The van der Waals surface area contributed by atoms with Crippen molar-refractivity contribution in [2.45, 2.75) is 52.0 Å². The van der Waals surface area contributed by atoms with Crippen molar-refractivity contribution >= 4 is 21.4 Å². The first kappa shape index (κ1) is 15.5. The van der Waals surface area contributed by atoms with Crippen molar-refractivity contribution < 1.29 is 0 Å². The lowest BCUT2D eigenvalue weighted by Crippen LogP contribution is -2.35. The molecule has 2 atom stereocenters. The monoisotopic (exact) mass is 289 g/mol. The van der Waals surface area contributed by atoms with E-state index in [2.05, 4.69) is 55.9 Å². The lowest BCUT2D eigenvalue weighted by Gasteiger charge is -2.26. The fourth-order valence-corrected chi connectivity index (χ4v) is 4.06. The first-order valence-electron chi connectivity index (χ1n) is 7.92. The molecule has 2 heteroatoms. The van der Waals surface area contributed by atoms with Crippen molar-refractivity contribution in [3.8, 4) is 0 Å². The summed E-state index contributed by atoms with van der Waals surface area (Å²) in [4.78, 5) is 0. The number of thiophene rings is 1. The molecule has 0 saturated carbocycles. The Labute approximate surface area is 127 Å². The number of hydrogen-bond acceptors (Lipinski definition) is 2. The number of unbranched alkanes of at least 4 members (excludes halogenated alkanes) is 1. The Morgan fingerprint density at radius 2 is 2.00 bits per heavy atom. The third-order valence-corrected chi connectivity index (χ3v) is 5.41. The summed E-state index contributed by atoms with van der Waals surface area (Å²) >= 11 is 1.88. The van der Waals surface area contributed by atoms with Gasteiger partial charge in [0.1, 0.15) is 0 Å². The molecular weight excluding hydrogens is 262 g/mol. The minimum atomic E-state index is 0.601. The molecular formula is C18H27NS. The van der Waals surface area contributed by atoms with Gasteiger partial charge in [-0.05, 0) is 48.2 Å². The minimum Gasteiger partial charge on any atom is -0.316 e. The number of hydrogen-bond donors (Lipinski definition) is 1. The van der Waals surface area contributed by atoms with Crippen LogP contribution in [-0.2, 0) is 6.42 Å².